The van der Waals surface area contributed by atoms with E-state index >= 15 is 0 Å². The fourth-order valence-electron chi connectivity index (χ4n) is 0.977. The Labute approximate surface area is 67.6 Å². The molecule has 1 unspecified atom stereocenters. The first-order valence-corrected chi connectivity index (χ1v) is 3.92. The Morgan fingerprint density at radius 2 is 2.00 bits per heavy atom. The summed E-state index contributed by atoms with van der Waals surface area (Å²) in [5.74, 6) is 0.636. The predicted octanol–water partition coefficient (Wildman–Crippen LogP) is 1.85. The van der Waals surface area contributed by atoms with Gasteiger partial charge in [0.2, 0.25) is 0 Å². The van der Waals surface area contributed by atoms with E-state index in [0.717, 1.165) is 6.42 Å². The van der Waals surface area contributed by atoms with Crippen LogP contribution in [-0.4, -0.2) is 16.3 Å². The molecule has 0 saturated heterocycles. The highest BCUT2D eigenvalue weighted by atomic mass is 32.1. The second kappa shape index (κ2) is 4.50. The molecular formula is C7H15NOS. The number of hydrogen-bond donors (Lipinski definition) is 2. The molecular weight excluding hydrogens is 146 g/mol. The van der Waals surface area contributed by atoms with Crippen molar-refractivity contribution in [1.82, 2.24) is 5.32 Å². The molecule has 0 aliphatic carbocycles. The second-order valence-electron chi connectivity index (χ2n) is 2.98. The molecule has 0 aromatic carbocycles. The zero-order valence-electron chi connectivity index (χ0n) is 6.72. The third kappa shape index (κ3) is 5.82. The van der Waals surface area contributed by atoms with E-state index in [1.165, 1.54) is 0 Å². The van der Waals surface area contributed by atoms with Crippen LogP contribution in [0.1, 0.15) is 27.2 Å². The van der Waals surface area contributed by atoms with Gasteiger partial charge < -0.3 is 10.4 Å². The van der Waals surface area contributed by atoms with Crippen molar-refractivity contribution >= 4 is 17.4 Å². The number of hydrogen-bond acceptors (Lipinski definition) is 1. The summed E-state index contributed by atoms with van der Waals surface area (Å²) in [7, 11) is 0. The maximum atomic E-state index is 8.66. The van der Waals surface area contributed by atoms with Gasteiger partial charge >= 0.3 is 0 Å². The molecule has 0 rings (SSSR count). The monoisotopic (exact) mass is 161 g/mol. The molecule has 10 heavy (non-hydrogen) atoms. The van der Waals surface area contributed by atoms with Crippen molar-refractivity contribution in [2.45, 2.75) is 33.2 Å². The first-order chi connectivity index (χ1) is 4.52. The Balaban J connectivity index is 3.43. The van der Waals surface area contributed by atoms with Crippen LogP contribution in [0, 0.1) is 5.92 Å². The molecule has 0 aliphatic heterocycles. The molecule has 0 saturated carbocycles. The van der Waals surface area contributed by atoms with Crippen molar-refractivity contribution in [3.8, 4) is 0 Å². The maximum absolute atomic E-state index is 8.66. The van der Waals surface area contributed by atoms with Gasteiger partial charge in [0, 0.05) is 6.04 Å². The van der Waals surface area contributed by atoms with E-state index in [0.29, 0.717) is 5.92 Å². The summed E-state index contributed by atoms with van der Waals surface area (Å²) in [5, 5.41) is 11.3. The zero-order chi connectivity index (χ0) is 8.15. The van der Waals surface area contributed by atoms with E-state index < -0.39 is 0 Å². The van der Waals surface area contributed by atoms with Gasteiger partial charge in [-0.15, -0.1) is 0 Å². The molecule has 3 heteroatoms. The van der Waals surface area contributed by atoms with E-state index in [9.17, 15) is 0 Å². The fraction of sp³-hybridized carbons (Fsp3) is 0.857. The average Bonchev–Trinajstić information content (AvgIpc) is 1.58. The number of rotatable bonds is 3. The van der Waals surface area contributed by atoms with Crippen LogP contribution in [0.4, 0.5) is 0 Å². The Morgan fingerprint density at radius 3 is 2.30 bits per heavy atom. The number of aliphatic hydroxyl groups is 1. The molecule has 0 aromatic rings. The number of nitrogens with one attached hydrogen (secondary N) is 1. The lowest BCUT2D eigenvalue weighted by Gasteiger charge is -2.14. The van der Waals surface area contributed by atoms with Crippen LogP contribution in [-0.2, 0) is 0 Å². The van der Waals surface area contributed by atoms with Crippen LogP contribution >= 0.6 is 12.2 Å². The van der Waals surface area contributed by atoms with Gasteiger partial charge in [-0.2, -0.15) is 0 Å². The van der Waals surface area contributed by atoms with Crippen molar-refractivity contribution in [3.05, 3.63) is 0 Å². The third-order valence-electron chi connectivity index (χ3n) is 1.19. The third-order valence-corrected chi connectivity index (χ3v) is 1.31. The van der Waals surface area contributed by atoms with Gasteiger partial charge in [-0.05, 0) is 31.5 Å². The summed E-state index contributed by atoms with van der Waals surface area (Å²) < 4.78 is 0. The van der Waals surface area contributed by atoms with E-state index in [1.54, 1.807) is 0 Å². The summed E-state index contributed by atoms with van der Waals surface area (Å²) in [6.07, 6.45) is 1.03. The largest absolute Gasteiger partial charge is 0.487 e. The minimum absolute atomic E-state index is 0.104. The highest BCUT2D eigenvalue weighted by Gasteiger charge is 2.04. The highest BCUT2D eigenvalue weighted by molar-refractivity contribution is 7.79. The lowest BCUT2D eigenvalue weighted by molar-refractivity contribution is 0.451. The average molecular weight is 161 g/mol. The standard InChI is InChI=1S/C7H15NOS/c1-5(2)4-6(3)8-7(9)10/h5-6H,4H2,1-3H3,(H2,8,9,10). The normalized spacial score (nSPS) is 13.2. The summed E-state index contributed by atoms with van der Waals surface area (Å²) in [5.41, 5.74) is 0. The molecule has 60 valence electrons. The smallest absolute Gasteiger partial charge is 0.254 e. The number of aliphatic hydroxyl groups excluding tert-OH is 1. The van der Waals surface area contributed by atoms with Crippen LogP contribution in [0.15, 0.2) is 0 Å². The molecule has 0 radical (unpaired) electrons. The molecule has 2 nitrogen and oxygen atoms in total. The SMILES string of the molecule is CC(C)CC(C)NC(O)=S. The van der Waals surface area contributed by atoms with E-state index in [1.807, 2.05) is 6.92 Å². The summed E-state index contributed by atoms with van der Waals surface area (Å²) >= 11 is 4.47. The topological polar surface area (TPSA) is 32.3 Å². The Hall–Kier alpha value is -0.310. The van der Waals surface area contributed by atoms with Gasteiger partial charge in [-0.25, -0.2) is 0 Å². The summed E-state index contributed by atoms with van der Waals surface area (Å²) in [6, 6.07) is 0.275. The first-order valence-electron chi connectivity index (χ1n) is 3.51. The molecule has 0 amide bonds. The van der Waals surface area contributed by atoms with Crippen LogP contribution in [0.3, 0.4) is 0 Å². The zero-order valence-corrected chi connectivity index (χ0v) is 7.53. The Morgan fingerprint density at radius 1 is 1.50 bits per heavy atom. The van der Waals surface area contributed by atoms with Gasteiger partial charge in [0.25, 0.3) is 5.17 Å². The van der Waals surface area contributed by atoms with Crippen molar-refractivity contribution in [2.75, 3.05) is 0 Å². The molecule has 0 aliphatic rings. The molecule has 0 heterocycles. The van der Waals surface area contributed by atoms with Crippen molar-refractivity contribution in [3.63, 3.8) is 0 Å². The maximum Gasteiger partial charge on any atom is 0.254 e. The lowest BCUT2D eigenvalue weighted by Crippen LogP contribution is -2.31. The summed E-state index contributed by atoms with van der Waals surface area (Å²) in [6.45, 7) is 6.28. The summed E-state index contributed by atoms with van der Waals surface area (Å²) in [4.78, 5) is 0. The van der Waals surface area contributed by atoms with Crippen molar-refractivity contribution < 1.29 is 5.11 Å². The molecule has 1 atom stereocenters. The molecule has 2 N–H and O–H groups in total. The molecule has 0 bridgehead atoms. The van der Waals surface area contributed by atoms with Crippen molar-refractivity contribution in [2.24, 2.45) is 5.92 Å². The van der Waals surface area contributed by atoms with E-state index in [4.69, 9.17) is 5.11 Å². The Kier molecular flexibility index (Phi) is 4.36. The van der Waals surface area contributed by atoms with Crippen LogP contribution in [0.25, 0.3) is 0 Å². The predicted molar refractivity (Wildman–Crippen MR) is 47.3 cm³/mol. The second-order valence-corrected chi connectivity index (χ2v) is 3.37. The van der Waals surface area contributed by atoms with Crippen molar-refractivity contribution in [1.29, 1.82) is 0 Å². The number of thiocarbonyl (C=S) groups is 1. The van der Waals surface area contributed by atoms with E-state index in [-0.39, 0.29) is 11.2 Å². The van der Waals surface area contributed by atoms with Gasteiger partial charge in [0.1, 0.15) is 0 Å². The fourth-order valence-corrected chi connectivity index (χ4v) is 1.18. The van der Waals surface area contributed by atoms with Crippen LogP contribution in [0.2, 0.25) is 0 Å². The quantitative estimate of drug-likeness (QED) is 0.620. The first kappa shape index (κ1) is 9.69. The minimum Gasteiger partial charge on any atom is -0.487 e. The Bertz CT molecular complexity index is 114. The van der Waals surface area contributed by atoms with Gasteiger partial charge in [0.15, 0.2) is 0 Å². The molecule has 0 aromatic heterocycles. The molecule has 0 spiro atoms. The van der Waals surface area contributed by atoms with Gasteiger partial charge in [-0.3, -0.25) is 0 Å². The highest BCUT2D eigenvalue weighted by Crippen LogP contribution is 2.02. The van der Waals surface area contributed by atoms with Crippen LogP contribution < -0.4 is 5.32 Å². The van der Waals surface area contributed by atoms with Crippen LogP contribution in [0.5, 0.6) is 0 Å². The van der Waals surface area contributed by atoms with E-state index in [2.05, 4.69) is 31.4 Å². The molecule has 0 fully saturated rings. The van der Waals surface area contributed by atoms with Gasteiger partial charge in [0.05, 0.1) is 0 Å². The minimum atomic E-state index is -0.104. The lowest BCUT2D eigenvalue weighted by atomic mass is 10.1. The van der Waals surface area contributed by atoms with Gasteiger partial charge in [-0.1, -0.05) is 13.8 Å².